The van der Waals surface area contributed by atoms with E-state index >= 15 is 0 Å². The van der Waals surface area contributed by atoms with Gasteiger partial charge in [0.05, 0.1) is 5.92 Å². The van der Waals surface area contributed by atoms with Crippen LogP contribution in [0.25, 0.3) is 0 Å². The molecule has 1 fully saturated rings. The van der Waals surface area contributed by atoms with Crippen molar-refractivity contribution in [2.45, 2.75) is 12.5 Å². The normalized spacial score (nSPS) is 32.3. The molecule has 0 radical (unpaired) electrons. The van der Waals surface area contributed by atoms with E-state index in [1.165, 1.54) is 0 Å². The number of halogens is 1. The fourth-order valence-corrected chi connectivity index (χ4v) is 2.15. The van der Waals surface area contributed by atoms with Crippen molar-refractivity contribution in [3.05, 3.63) is 0 Å². The fraction of sp³-hybridized carbons (Fsp3) is 0.750. The number of rotatable bonds is 5. The molecule has 0 aromatic heterocycles. The maximum atomic E-state index is 10.7. The molecule has 14 heavy (non-hydrogen) atoms. The molecule has 0 bridgehead atoms. The molecule has 4 N–H and O–H groups in total. The molecule has 1 aliphatic carbocycles. The Bertz CT molecular complexity index is 258. The van der Waals surface area contributed by atoms with E-state index in [1.54, 1.807) is 0 Å². The van der Waals surface area contributed by atoms with E-state index in [-0.39, 0.29) is 5.92 Å². The van der Waals surface area contributed by atoms with Gasteiger partial charge < -0.3 is 15.9 Å². The minimum absolute atomic E-state index is 0.184. The number of carboxylic acid groups (broad SMARTS) is 2. The number of alkyl halides is 1. The lowest BCUT2D eigenvalue weighted by atomic mass is 10.1. The minimum atomic E-state index is -1.15. The number of aliphatic carboxylic acids is 2. The number of hydrogen-bond acceptors (Lipinski definition) is 3. The van der Waals surface area contributed by atoms with Crippen LogP contribution in [-0.2, 0) is 9.59 Å². The van der Waals surface area contributed by atoms with E-state index in [4.69, 9.17) is 27.5 Å². The Balaban J connectivity index is 2.62. The van der Waals surface area contributed by atoms with Gasteiger partial charge in [0.2, 0.25) is 0 Å². The van der Waals surface area contributed by atoms with Gasteiger partial charge in [0.1, 0.15) is 6.04 Å². The Kier molecular flexibility index (Phi) is 3.34. The van der Waals surface area contributed by atoms with Crippen molar-refractivity contribution in [3.63, 3.8) is 0 Å². The first-order chi connectivity index (χ1) is 6.50. The van der Waals surface area contributed by atoms with Crippen LogP contribution in [0.1, 0.15) is 6.42 Å². The Hall–Kier alpha value is -0.810. The molecule has 0 aromatic carbocycles. The largest absolute Gasteiger partial charge is 0.481 e. The van der Waals surface area contributed by atoms with Gasteiger partial charge in [0.15, 0.2) is 0 Å². The highest BCUT2D eigenvalue weighted by molar-refractivity contribution is 6.17. The van der Waals surface area contributed by atoms with Crippen LogP contribution >= 0.6 is 11.6 Å². The quantitative estimate of drug-likeness (QED) is 0.566. The van der Waals surface area contributed by atoms with Crippen LogP contribution < -0.4 is 5.73 Å². The highest BCUT2D eigenvalue weighted by atomic mass is 35.5. The summed E-state index contributed by atoms with van der Waals surface area (Å²) in [4.78, 5) is 21.2. The maximum Gasteiger partial charge on any atom is 0.320 e. The van der Waals surface area contributed by atoms with Crippen LogP contribution in [0.15, 0.2) is 0 Å². The molecule has 0 aliphatic heterocycles. The second kappa shape index (κ2) is 4.14. The second-order valence-electron chi connectivity index (χ2n) is 3.45. The van der Waals surface area contributed by atoms with Crippen molar-refractivity contribution < 1.29 is 19.8 Å². The summed E-state index contributed by atoms with van der Waals surface area (Å²) in [6.45, 7) is 0. The average Bonchev–Trinajstić information content (AvgIpc) is 2.78. The zero-order chi connectivity index (χ0) is 10.9. The van der Waals surface area contributed by atoms with Crippen LogP contribution in [0.5, 0.6) is 0 Å². The molecular weight excluding hydrogens is 210 g/mol. The zero-order valence-corrected chi connectivity index (χ0v) is 8.15. The van der Waals surface area contributed by atoms with Crippen molar-refractivity contribution >= 4 is 23.5 Å². The fourth-order valence-electron chi connectivity index (χ4n) is 1.90. The Morgan fingerprint density at radius 2 is 2.00 bits per heavy atom. The van der Waals surface area contributed by atoms with Gasteiger partial charge in [0.25, 0.3) is 0 Å². The Morgan fingerprint density at radius 1 is 1.43 bits per heavy atom. The van der Waals surface area contributed by atoms with Crippen LogP contribution in [0, 0.1) is 17.8 Å². The zero-order valence-electron chi connectivity index (χ0n) is 7.39. The third-order valence-electron chi connectivity index (χ3n) is 2.66. The molecule has 0 heterocycles. The summed E-state index contributed by atoms with van der Waals surface area (Å²) in [6, 6.07) is -1.09. The van der Waals surface area contributed by atoms with E-state index in [1.807, 2.05) is 0 Å². The van der Waals surface area contributed by atoms with Gasteiger partial charge in [-0.2, -0.15) is 0 Å². The molecule has 0 saturated heterocycles. The Morgan fingerprint density at radius 3 is 2.36 bits per heavy atom. The summed E-state index contributed by atoms with van der Waals surface area (Å²) in [5.41, 5.74) is 5.36. The summed E-state index contributed by atoms with van der Waals surface area (Å²) < 4.78 is 0. The van der Waals surface area contributed by atoms with E-state index in [0.29, 0.717) is 12.3 Å². The minimum Gasteiger partial charge on any atom is -0.481 e. The van der Waals surface area contributed by atoms with Crippen molar-refractivity contribution in [1.29, 1.82) is 0 Å². The molecule has 80 valence electrons. The van der Waals surface area contributed by atoms with Gasteiger partial charge in [-0.3, -0.25) is 9.59 Å². The van der Waals surface area contributed by atoms with E-state index in [0.717, 1.165) is 0 Å². The molecule has 4 atom stereocenters. The lowest BCUT2D eigenvalue weighted by Gasteiger charge is -2.03. The molecule has 0 amide bonds. The molecular formula is C8H12ClNO4. The summed E-state index contributed by atoms with van der Waals surface area (Å²) in [6.07, 6.45) is 0.504. The second-order valence-corrected chi connectivity index (χ2v) is 3.82. The van der Waals surface area contributed by atoms with Crippen molar-refractivity contribution in [1.82, 2.24) is 0 Å². The monoisotopic (exact) mass is 221 g/mol. The van der Waals surface area contributed by atoms with Crippen molar-refractivity contribution in [2.24, 2.45) is 23.5 Å². The molecule has 5 nitrogen and oxygen atoms in total. The molecule has 1 unspecified atom stereocenters. The molecule has 0 spiro atoms. The predicted octanol–water partition coefficient (Wildman–Crippen LogP) is -0.0260. The van der Waals surface area contributed by atoms with E-state index < -0.39 is 29.8 Å². The molecule has 1 aliphatic rings. The third kappa shape index (κ3) is 1.99. The number of hydrogen-bond donors (Lipinski definition) is 3. The number of nitrogens with two attached hydrogens (primary N) is 1. The highest BCUT2D eigenvalue weighted by Crippen LogP contribution is 2.50. The first kappa shape index (κ1) is 11.3. The van der Waals surface area contributed by atoms with Gasteiger partial charge in [-0.15, -0.1) is 11.6 Å². The lowest BCUT2D eigenvalue weighted by Crippen LogP contribution is -2.34. The van der Waals surface area contributed by atoms with Gasteiger partial charge in [-0.1, -0.05) is 0 Å². The van der Waals surface area contributed by atoms with Crippen LogP contribution in [-0.4, -0.2) is 34.1 Å². The summed E-state index contributed by atoms with van der Waals surface area (Å²) in [5.74, 6) is -3.10. The first-order valence-corrected chi connectivity index (χ1v) is 4.81. The van der Waals surface area contributed by atoms with Crippen LogP contribution in [0.3, 0.4) is 0 Å². The lowest BCUT2D eigenvalue weighted by molar-refractivity contribution is -0.140. The molecule has 1 saturated carbocycles. The van der Waals surface area contributed by atoms with E-state index in [9.17, 15) is 9.59 Å². The topological polar surface area (TPSA) is 101 Å². The SMILES string of the molecule is NC(C(=O)O)[C@H]1[C@@H](CCCl)[C@@H]1C(=O)O. The van der Waals surface area contributed by atoms with Crippen LogP contribution in [0.4, 0.5) is 0 Å². The smallest absolute Gasteiger partial charge is 0.320 e. The van der Waals surface area contributed by atoms with Crippen LogP contribution in [0.2, 0.25) is 0 Å². The average molecular weight is 222 g/mol. The van der Waals surface area contributed by atoms with E-state index in [2.05, 4.69) is 0 Å². The van der Waals surface area contributed by atoms with Gasteiger partial charge in [-0.25, -0.2) is 0 Å². The summed E-state index contributed by atoms with van der Waals surface area (Å²) in [7, 11) is 0. The van der Waals surface area contributed by atoms with Crippen molar-refractivity contribution in [2.75, 3.05) is 5.88 Å². The van der Waals surface area contributed by atoms with Crippen molar-refractivity contribution in [3.8, 4) is 0 Å². The number of carbonyl (C=O) groups is 2. The standard InChI is InChI=1S/C8H12ClNO4/c9-2-1-3-4(5(3)7(11)12)6(10)8(13)14/h3-6H,1-2,10H2,(H,11,12)(H,13,14)/t3-,4+,5+,6?/m1/s1. The maximum absolute atomic E-state index is 10.7. The molecule has 0 aromatic rings. The Labute approximate surface area is 85.8 Å². The first-order valence-electron chi connectivity index (χ1n) is 4.27. The van der Waals surface area contributed by atoms with Gasteiger partial charge in [-0.05, 0) is 12.3 Å². The summed E-state index contributed by atoms with van der Waals surface area (Å²) >= 11 is 5.47. The van der Waals surface area contributed by atoms with Gasteiger partial charge >= 0.3 is 11.9 Å². The molecule has 6 heteroatoms. The van der Waals surface area contributed by atoms with Gasteiger partial charge in [0, 0.05) is 11.8 Å². The number of carboxylic acids is 2. The third-order valence-corrected chi connectivity index (χ3v) is 2.88. The summed E-state index contributed by atoms with van der Waals surface area (Å²) in [5, 5.41) is 17.4. The predicted molar refractivity (Wildman–Crippen MR) is 49.1 cm³/mol. The highest BCUT2D eigenvalue weighted by Gasteiger charge is 2.58. The molecule has 1 rings (SSSR count).